The molecule has 11 rings (SSSR count). The van der Waals surface area contributed by atoms with E-state index in [2.05, 4.69) is 216 Å². The van der Waals surface area contributed by atoms with Crippen LogP contribution in [0.5, 0.6) is 11.5 Å². The van der Waals surface area contributed by atoms with Gasteiger partial charge >= 0.3 is 0 Å². The largest absolute Gasteiger partial charge is 0.522 e. The zero-order chi connectivity index (χ0) is 45.7. The summed E-state index contributed by atoms with van der Waals surface area (Å²) in [6.45, 7) is 20.3. The second-order valence-electron chi connectivity index (χ2n) is 20.5. The number of pyridine rings is 2. The molecule has 0 amide bonds. The predicted molar refractivity (Wildman–Crippen MR) is 268 cm³/mol. The summed E-state index contributed by atoms with van der Waals surface area (Å²) in [6.07, 6.45) is 7.32. The number of benzene rings is 6. The van der Waals surface area contributed by atoms with Gasteiger partial charge in [0.05, 0.1) is 33.6 Å². The Morgan fingerprint density at radius 2 is 1.07 bits per heavy atom. The molecule has 0 saturated carbocycles. The molecule has 0 radical (unpaired) electrons. The van der Waals surface area contributed by atoms with E-state index in [0.717, 1.165) is 61.1 Å². The predicted octanol–water partition coefficient (Wildman–Crippen LogP) is 14.0. The first kappa shape index (κ1) is 44.0. The van der Waals surface area contributed by atoms with E-state index in [1.807, 2.05) is 29.0 Å². The van der Waals surface area contributed by atoms with Gasteiger partial charge in [-0.05, 0) is 92.6 Å². The summed E-state index contributed by atoms with van der Waals surface area (Å²) < 4.78 is 15.4. The number of aromatic nitrogens is 6. The average molecular weight is 1060 g/mol. The molecule has 0 bridgehead atoms. The average Bonchev–Trinajstić information content (AvgIpc) is 3.96. The number of hydrogen-bond donors (Lipinski definition) is 0. The third-order valence-electron chi connectivity index (χ3n) is 12.9. The van der Waals surface area contributed by atoms with Crippen molar-refractivity contribution in [2.24, 2.45) is 0 Å². The van der Waals surface area contributed by atoms with Crippen LogP contribution in [0.4, 0.5) is 0 Å². The van der Waals surface area contributed by atoms with Gasteiger partial charge in [0.2, 0.25) is 0 Å². The van der Waals surface area contributed by atoms with Crippen molar-refractivity contribution in [2.75, 3.05) is 0 Å². The van der Waals surface area contributed by atoms with E-state index >= 15 is 0 Å². The minimum Gasteiger partial charge on any atom is -0.522 e. The Morgan fingerprint density at radius 3 is 1.75 bits per heavy atom. The SMILES string of the molecule is CC(C)(C)c1cc(-[n+]2[c-]n(-c3[c-]c(Oc4[c-]c5c(cc4)c4ccc(-n6c7ccccc7c7ccccc76)cc4n5-c4cc(C(C)(C)C)ccn4)ccn3)c3ccccc32)cc(C(C)(C)C)c1.[Pt]. The first-order valence-electron chi connectivity index (χ1n) is 22.7. The van der Waals surface area contributed by atoms with Crippen molar-refractivity contribution in [1.29, 1.82) is 0 Å². The van der Waals surface area contributed by atoms with Crippen LogP contribution in [-0.4, -0.2) is 23.7 Å². The van der Waals surface area contributed by atoms with Crippen LogP contribution in [0.3, 0.4) is 0 Å². The van der Waals surface area contributed by atoms with Crippen molar-refractivity contribution < 1.29 is 30.4 Å². The molecule has 0 aliphatic carbocycles. The van der Waals surface area contributed by atoms with E-state index in [0.29, 0.717) is 17.3 Å². The quantitative estimate of drug-likeness (QED) is 0.123. The van der Waals surface area contributed by atoms with Gasteiger partial charge < -0.3 is 13.9 Å². The third-order valence-corrected chi connectivity index (χ3v) is 12.9. The van der Waals surface area contributed by atoms with Crippen LogP contribution in [0.1, 0.15) is 79.0 Å². The summed E-state index contributed by atoms with van der Waals surface area (Å²) >= 11 is 0. The van der Waals surface area contributed by atoms with E-state index in [9.17, 15) is 0 Å². The molecular formula is C59H52N6OPt-2. The second kappa shape index (κ2) is 16.2. The molecule has 0 fully saturated rings. The first-order chi connectivity index (χ1) is 31.6. The Morgan fingerprint density at radius 1 is 0.493 bits per heavy atom. The Kier molecular flexibility index (Phi) is 10.7. The molecular weight excluding hydrogens is 1000 g/mol. The van der Waals surface area contributed by atoms with Crippen LogP contribution in [0, 0.1) is 18.5 Å². The molecule has 0 N–H and O–H groups in total. The Labute approximate surface area is 406 Å². The van der Waals surface area contributed by atoms with Gasteiger partial charge in [-0.1, -0.05) is 147 Å². The van der Waals surface area contributed by atoms with Gasteiger partial charge in [0, 0.05) is 55.0 Å². The van der Waals surface area contributed by atoms with Gasteiger partial charge in [-0.3, -0.25) is 14.1 Å². The minimum atomic E-state index is -0.0783. The molecule has 5 heterocycles. The van der Waals surface area contributed by atoms with Gasteiger partial charge in [-0.25, -0.2) is 4.98 Å². The van der Waals surface area contributed by atoms with Crippen LogP contribution in [0.2, 0.25) is 0 Å². The Bertz CT molecular complexity index is 3620. The summed E-state index contributed by atoms with van der Waals surface area (Å²) in [5.74, 6) is 2.46. The van der Waals surface area contributed by atoms with E-state index in [4.69, 9.17) is 14.7 Å². The van der Waals surface area contributed by atoms with Gasteiger partial charge in [-0.15, -0.1) is 17.5 Å². The maximum absolute atomic E-state index is 6.68. The molecule has 0 spiro atoms. The van der Waals surface area contributed by atoms with Gasteiger partial charge in [-0.2, -0.15) is 18.2 Å². The molecule has 7 nitrogen and oxygen atoms in total. The van der Waals surface area contributed by atoms with Crippen LogP contribution in [-0.2, 0) is 37.3 Å². The third kappa shape index (κ3) is 7.73. The molecule has 8 heteroatoms. The zero-order valence-electron chi connectivity index (χ0n) is 39.3. The number of nitrogens with zero attached hydrogens (tertiary/aromatic N) is 6. The van der Waals surface area contributed by atoms with Crippen LogP contribution in [0.25, 0.3) is 77.7 Å². The Balaban J connectivity index is 0.00000525. The zero-order valence-corrected chi connectivity index (χ0v) is 41.6. The summed E-state index contributed by atoms with van der Waals surface area (Å²) in [4.78, 5) is 9.81. The molecule has 6 aromatic carbocycles. The van der Waals surface area contributed by atoms with Crippen molar-refractivity contribution >= 4 is 54.6 Å². The summed E-state index contributed by atoms with van der Waals surface area (Å²) in [7, 11) is 0. The van der Waals surface area contributed by atoms with Crippen molar-refractivity contribution in [3.8, 4) is 34.5 Å². The van der Waals surface area contributed by atoms with Crippen LogP contribution < -0.4 is 9.30 Å². The molecule has 67 heavy (non-hydrogen) atoms. The fourth-order valence-electron chi connectivity index (χ4n) is 9.22. The molecule has 0 aliphatic rings. The summed E-state index contributed by atoms with van der Waals surface area (Å²) in [5.41, 5.74) is 11.9. The van der Waals surface area contributed by atoms with E-state index in [1.54, 1.807) is 6.20 Å². The topological polar surface area (TPSA) is 53.7 Å². The van der Waals surface area contributed by atoms with Gasteiger partial charge in [0.15, 0.2) is 0 Å². The number of fused-ring (bicyclic) bond motifs is 7. The summed E-state index contributed by atoms with van der Waals surface area (Å²) in [6, 6.07) is 56.7. The number of rotatable bonds is 6. The second-order valence-corrected chi connectivity index (χ2v) is 20.5. The fraction of sp³-hybridized carbons (Fsp3) is 0.203. The smallest absolute Gasteiger partial charge is 0.269 e. The van der Waals surface area contributed by atoms with Crippen molar-refractivity contribution in [3.05, 3.63) is 187 Å². The minimum absolute atomic E-state index is 0. The Hall–Kier alpha value is -6.82. The van der Waals surface area contributed by atoms with E-state index in [1.165, 1.54) is 27.5 Å². The van der Waals surface area contributed by atoms with E-state index in [-0.39, 0.29) is 37.3 Å². The number of imidazole rings is 1. The normalized spacial score (nSPS) is 12.4. The molecule has 0 saturated heterocycles. The molecule has 11 aromatic rings. The summed E-state index contributed by atoms with van der Waals surface area (Å²) in [5, 5.41) is 4.60. The maximum Gasteiger partial charge on any atom is 0.269 e. The van der Waals surface area contributed by atoms with Crippen molar-refractivity contribution in [3.63, 3.8) is 0 Å². The standard InChI is InChI=1S/C59H52N6O.Pt/c1-57(2,3)38-26-28-61-56(33-38)65-53-34-41(64-49-18-12-10-16-45(49)46-17-11-13-19-50(46)64)22-24-47(53)48-25-23-43(35-54(48)65)66-44-27-29-60-55(36-44)63-37-62(51-20-14-15-21-52(51)63)42-31-39(58(4,5)6)30-40(32-42)59(7,8)9;/h10-34H,1-9H3;/q-2;. The molecule has 336 valence electrons. The first-order valence-corrected chi connectivity index (χ1v) is 22.7. The number of para-hydroxylation sites is 4. The molecule has 0 atom stereocenters. The van der Waals surface area contributed by atoms with Crippen molar-refractivity contribution in [2.45, 2.75) is 78.6 Å². The molecule has 0 aliphatic heterocycles. The fourth-order valence-corrected chi connectivity index (χ4v) is 9.22. The number of ether oxygens (including phenoxy) is 1. The van der Waals surface area contributed by atoms with Gasteiger partial charge in [0.25, 0.3) is 6.33 Å². The number of hydrogen-bond acceptors (Lipinski definition) is 3. The molecule has 0 unspecified atom stereocenters. The van der Waals surface area contributed by atoms with Crippen LogP contribution >= 0.6 is 0 Å². The molecule has 5 aromatic heterocycles. The van der Waals surface area contributed by atoms with Gasteiger partial charge in [0.1, 0.15) is 5.82 Å². The van der Waals surface area contributed by atoms with Crippen molar-refractivity contribution in [1.82, 2.24) is 23.7 Å². The maximum atomic E-state index is 6.68. The van der Waals surface area contributed by atoms with Crippen LogP contribution in [0.15, 0.2) is 152 Å². The monoisotopic (exact) mass is 1060 g/mol. The van der Waals surface area contributed by atoms with E-state index < -0.39 is 0 Å².